The minimum atomic E-state index is -0.559. The van der Waals surface area contributed by atoms with Gasteiger partial charge in [-0.05, 0) is 104 Å². The molecule has 3 aromatic rings. The lowest BCUT2D eigenvalue weighted by Gasteiger charge is -2.37. The van der Waals surface area contributed by atoms with Crippen LogP contribution in [0, 0.1) is 17.6 Å². The van der Waals surface area contributed by atoms with Gasteiger partial charge in [-0.1, -0.05) is 58.7 Å². The number of nitrogens with one attached hydrogen (secondary N) is 2. The predicted molar refractivity (Wildman–Crippen MR) is 159 cm³/mol. The summed E-state index contributed by atoms with van der Waals surface area (Å²) in [6, 6.07) is 19.5. The molecule has 2 fully saturated rings. The van der Waals surface area contributed by atoms with Crippen molar-refractivity contribution in [3.63, 3.8) is 0 Å². The number of likely N-dealkylation sites (tertiary alicyclic amines) is 1. The Balaban J connectivity index is 1.34. The Bertz CT molecular complexity index is 1270. The topological polar surface area (TPSA) is 61.4 Å². The number of carbonyl (C=O) groups is 2. The average Bonchev–Trinajstić information content (AvgIpc) is 2.98. The van der Waals surface area contributed by atoms with Gasteiger partial charge in [-0.15, -0.1) is 0 Å². The quantitative estimate of drug-likeness (QED) is 0.302. The van der Waals surface area contributed by atoms with Gasteiger partial charge in [-0.3, -0.25) is 14.5 Å². The van der Waals surface area contributed by atoms with Crippen molar-refractivity contribution in [1.82, 2.24) is 15.5 Å². The van der Waals surface area contributed by atoms with Crippen molar-refractivity contribution in [3.05, 3.63) is 106 Å². The van der Waals surface area contributed by atoms with Gasteiger partial charge in [0.2, 0.25) is 11.8 Å². The van der Waals surface area contributed by atoms with E-state index in [0.717, 1.165) is 36.0 Å². The Morgan fingerprint density at radius 2 is 1.41 bits per heavy atom. The van der Waals surface area contributed by atoms with Gasteiger partial charge in [0.15, 0.2) is 0 Å². The van der Waals surface area contributed by atoms with Crippen LogP contribution in [0.1, 0.15) is 67.2 Å². The molecular weight excluding hydrogens is 588 g/mol. The van der Waals surface area contributed by atoms with Gasteiger partial charge in [0.25, 0.3) is 0 Å². The number of carbonyl (C=O) groups excluding carboxylic acids is 2. The van der Waals surface area contributed by atoms with Gasteiger partial charge in [0.1, 0.15) is 11.6 Å². The number of hydrogen-bond acceptors (Lipinski definition) is 3. The van der Waals surface area contributed by atoms with Gasteiger partial charge < -0.3 is 10.6 Å². The fourth-order valence-electron chi connectivity index (χ4n) is 6.21. The first-order valence-corrected chi connectivity index (χ1v) is 15.2. The van der Waals surface area contributed by atoms with E-state index in [1.807, 2.05) is 24.3 Å². The summed E-state index contributed by atoms with van der Waals surface area (Å²) in [6.45, 7) is 2.34. The summed E-state index contributed by atoms with van der Waals surface area (Å²) in [7, 11) is 0. The van der Waals surface area contributed by atoms with Crippen LogP contribution < -0.4 is 10.6 Å². The van der Waals surface area contributed by atoms with E-state index in [4.69, 9.17) is 0 Å². The number of benzene rings is 3. The van der Waals surface area contributed by atoms with E-state index in [1.165, 1.54) is 30.7 Å². The molecule has 8 heteroatoms. The van der Waals surface area contributed by atoms with Crippen LogP contribution in [0.5, 0.6) is 0 Å². The van der Waals surface area contributed by atoms with Crippen molar-refractivity contribution >= 4 is 27.7 Å². The van der Waals surface area contributed by atoms with Crippen molar-refractivity contribution < 1.29 is 18.4 Å². The summed E-state index contributed by atoms with van der Waals surface area (Å²) in [6.07, 6.45) is 5.47. The molecule has 1 aliphatic heterocycles. The second-order valence-corrected chi connectivity index (χ2v) is 12.1. The van der Waals surface area contributed by atoms with Crippen LogP contribution in [0.25, 0.3) is 0 Å². The molecule has 3 atom stereocenters. The summed E-state index contributed by atoms with van der Waals surface area (Å²) in [4.78, 5) is 29.1. The number of nitrogens with zero attached hydrogens (tertiary/aromatic N) is 1. The third kappa shape index (κ3) is 7.80. The monoisotopic (exact) mass is 623 g/mol. The number of rotatable bonds is 8. The molecule has 3 aromatic carbocycles. The van der Waals surface area contributed by atoms with Crippen LogP contribution in [-0.4, -0.2) is 42.4 Å². The zero-order valence-corrected chi connectivity index (χ0v) is 24.6. The first-order chi connectivity index (χ1) is 19.9. The number of amides is 2. The Labute approximate surface area is 248 Å². The van der Waals surface area contributed by atoms with Crippen LogP contribution in [0.15, 0.2) is 77.3 Å². The largest absolute Gasteiger partial charge is 0.352 e. The number of hydrogen-bond donors (Lipinski definition) is 2. The number of piperidine rings is 1. The predicted octanol–water partition coefficient (Wildman–Crippen LogP) is 6.49. The van der Waals surface area contributed by atoms with Crippen LogP contribution in [-0.2, 0) is 9.59 Å². The van der Waals surface area contributed by atoms with Gasteiger partial charge in [0.05, 0.1) is 12.6 Å². The molecular formula is C33H36BrF2N3O2. The maximum absolute atomic E-state index is 14.0. The Hall–Kier alpha value is -3.10. The van der Waals surface area contributed by atoms with Crippen LogP contribution in [0.4, 0.5) is 8.78 Å². The second-order valence-electron chi connectivity index (χ2n) is 11.2. The fourth-order valence-corrected chi connectivity index (χ4v) is 6.47. The van der Waals surface area contributed by atoms with Crippen LogP contribution >= 0.6 is 15.9 Å². The maximum atomic E-state index is 14.0. The first-order valence-electron chi connectivity index (χ1n) is 14.4. The lowest BCUT2D eigenvalue weighted by Crippen LogP contribution is -2.47. The molecule has 216 valence electrons. The van der Waals surface area contributed by atoms with Crippen molar-refractivity contribution in [1.29, 1.82) is 0 Å². The molecule has 1 saturated heterocycles. The molecule has 0 spiro atoms. The highest BCUT2D eigenvalue weighted by molar-refractivity contribution is 9.10. The van der Waals surface area contributed by atoms with E-state index in [0.29, 0.717) is 36.9 Å². The molecule has 5 rings (SSSR count). The Kier molecular flexibility index (Phi) is 9.83. The molecule has 0 radical (unpaired) electrons. The zero-order chi connectivity index (χ0) is 28.8. The molecule has 2 amide bonds. The third-order valence-electron chi connectivity index (χ3n) is 8.36. The van der Waals surface area contributed by atoms with E-state index in [-0.39, 0.29) is 41.3 Å². The Morgan fingerprint density at radius 3 is 2.00 bits per heavy atom. The molecule has 2 N–H and O–H groups in total. The zero-order valence-electron chi connectivity index (χ0n) is 23.0. The summed E-state index contributed by atoms with van der Waals surface area (Å²) in [5, 5.41) is 6.44. The molecule has 0 unspecified atom stereocenters. The normalized spacial score (nSPS) is 21.4. The average molecular weight is 625 g/mol. The standard InChI is InChI=1S/C33H36BrF2N3O2/c34-25-10-4-22(5-11-25)30-20-28(37-31(40)21-39-18-2-1-3-19-39)16-17-29(30)33(41)38-32(23-6-12-26(35)13-7-23)24-8-14-27(36)15-9-24/h4-15,28-30,32H,1-3,16-21H2,(H,37,40)(H,38,41)/t28-,29-,30+/m1/s1. The number of halogens is 3. The van der Waals surface area contributed by atoms with Gasteiger partial charge in [-0.25, -0.2) is 8.78 Å². The minimum absolute atomic E-state index is 0.0185. The molecule has 0 bridgehead atoms. The van der Waals surface area contributed by atoms with E-state index in [1.54, 1.807) is 24.3 Å². The summed E-state index contributed by atoms with van der Waals surface area (Å²) in [5.74, 6) is -1.23. The van der Waals surface area contributed by atoms with Crippen LogP contribution in [0.3, 0.4) is 0 Å². The summed E-state index contributed by atoms with van der Waals surface area (Å²) < 4.78 is 28.4. The molecule has 1 aliphatic carbocycles. The molecule has 1 saturated carbocycles. The van der Waals surface area contributed by atoms with Crippen molar-refractivity contribution in [2.75, 3.05) is 19.6 Å². The smallest absolute Gasteiger partial charge is 0.234 e. The first kappa shape index (κ1) is 29.4. The lowest BCUT2D eigenvalue weighted by atomic mass is 9.73. The summed E-state index contributed by atoms with van der Waals surface area (Å²) >= 11 is 3.51. The molecule has 0 aromatic heterocycles. The van der Waals surface area contributed by atoms with Crippen molar-refractivity contribution in [2.24, 2.45) is 5.92 Å². The van der Waals surface area contributed by atoms with Crippen molar-refractivity contribution in [3.8, 4) is 0 Å². The highest BCUT2D eigenvalue weighted by Gasteiger charge is 2.37. The van der Waals surface area contributed by atoms with Crippen molar-refractivity contribution in [2.45, 2.75) is 56.5 Å². The second kappa shape index (κ2) is 13.7. The summed E-state index contributed by atoms with van der Waals surface area (Å²) in [5.41, 5.74) is 2.47. The van der Waals surface area contributed by atoms with E-state index in [2.05, 4.69) is 31.5 Å². The SMILES string of the molecule is O=C(CN1CCCCC1)N[C@@H]1CC[C@@H](C(=O)NC(c2ccc(F)cc2)c2ccc(F)cc2)[C@H](c2ccc(Br)cc2)C1. The van der Waals surface area contributed by atoms with Gasteiger partial charge >= 0.3 is 0 Å². The van der Waals surface area contributed by atoms with Gasteiger partial charge in [0, 0.05) is 16.4 Å². The maximum Gasteiger partial charge on any atom is 0.234 e. The molecule has 2 aliphatic rings. The molecule has 1 heterocycles. The Morgan fingerprint density at radius 1 is 0.829 bits per heavy atom. The molecule has 41 heavy (non-hydrogen) atoms. The minimum Gasteiger partial charge on any atom is -0.352 e. The third-order valence-corrected chi connectivity index (χ3v) is 8.89. The molecule has 5 nitrogen and oxygen atoms in total. The lowest BCUT2D eigenvalue weighted by molar-refractivity contribution is -0.127. The van der Waals surface area contributed by atoms with E-state index < -0.39 is 6.04 Å². The fraction of sp³-hybridized carbons (Fsp3) is 0.394. The highest BCUT2D eigenvalue weighted by atomic mass is 79.9. The highest BCUT2D eigenvalue weighted by Crippen LogP contribution is 2.39. The van der Waals surface area contributed by atoms with Crippen LogP contribution in [0.2, 0.25) is 0 Å². The van der Waals surface area contributed by atoms with E-state index >= 15 is 0 Å². The van der Waals surface area contributed by atoms with E-state index in [9.17, 15) is 18.4 Å². The van der Waals surface area contributed by atoms with Gasteiger partial charge in [-0.2, -0.15) is 0 Å².